The predicted molar refractivity (Wildman–Crippen MR) is 203 cm³/mol. The summed E-state index contributed by atoms with van der Waals surface area (Å²) in [6, 6.07) is 49.2. The largest absolute Gasteiger partial charge is 0.309 e. The molecule has 3 heterocycles. The summed E-state index contributed by atoms with van der Waals surface area (Å²) in [6.07, 6.45) is 0. The molecule has 0 radical (unpaired) electrons. The van der Waals surface area contributed by atoms with Gasteiger partial charge in [0.05, 0.1) is 42.9 Å². The SMILES string of the molecule is O=[N+]([O-])c1ccc2c(c1)c1ccccc1n2-c1ccc2c(c1)c1cc(-n3c4ccccc4c4cc([N+](=O)[O-])ccc43)ccc1n2-c1ccccc1. The average Bonchev–Trinajstić information content (AvgIpc) is 3.79. The first-order valence-corrected chi connectivity index (χ1v) is 16.5. The van der Waals surface area contributed by atoms with Gasteiger partial charge in [0, 0.05) is 73.6 Å². The number of benzene rings is 7. The molecule has 10 rings (SSSR count). The Labute approximate surface area is 288 Å². The Balaban J connectivity index is 1.27. The molecule has 0 fully saturated rings. The summed E-state index contributed by atoms with van der Waals surface area (Å²) < 4.78 is 6.61. The molecule has 0 amide bonds. The van der Waals surface area contributed by atoms with Crippen LogP contribution in [0.2, 0.25) is 0 Å². The molecule has 0 saturated carbocycles. The fourth-order valence-electron chi connectivity index (χ4n) is 7.84. The number of aromatic nitrogens is 3. The van der Waals surface area contributed by atoms with E-state index in [0.29, 0.717) is 0 Å². The van der Waals surface area contributed by atoms with Gasteiger partial charge in [0.2, 0.25) is 0 Å². The minimum atomic E-state index is -0.355. The van der Waals surface area contributed by atoms with Crippen molar-refractivity contribution >= 4 is 76.8 Å². The molecule has 7 aromatic carbocycles. The molecule has 0 atom stereocenters. The number of fused-ring (bicyclic) bond motifs is 9. The summed E-state index contributed by atoms with van der Waals surface area (Å²) in [5, 5.41) is 29.0. The maximum Gasteiger partial charge on any atom is 0.270 e. The first kappa shape index (κ1) is 28.7. The minimum absolute atomic E-state index is 0.0546. The van der Waals surface area contributed by atoms with Crippen LogP contribution in [0.15, 0.2) is 152 Å². The van der Waals surface area contributed by atoms with Crippen LogP contribution in [0.5, 0.6) is 0 Å². The van der Waals surface area contributed by atoms with Gasteiger partial charge in [-0.25, -0.2) is 0 Å². The molecule has 242 valence electrons. The molecular formula is C42H25N5O4. The normalized spacial score (nSPS) is 11.8. The highest BCUT2D eigenvalue weighted by Gasteiger charge is 2.20. The second-order valence-corrected chi connectivity index (χ2v) is 12.7. The molecule has 10 aromatic rings. The lowest BCUT2D eigenvalue weighted by Gasteiger charge is -2.10. The van der Waals surface area contributed by atoms with Gasteiger partial charge in [-0.15, -0.1) is 0 Å². The van der Waals surface area contributed by atoms with Gasteiger partial charge in [0.1, 0.15) is 0 Å². The van der Waals surface area contributed by atoms with Crippen LogP contribution in [-0.2, 0) is 0 Å². The fourth-order valence-corrected chi connectivity index (χ4v) is 7.84. The number of nitro benzene ring substituents is 2. The van der Waals surface area contributed by atoms with Crippen molar-refractivity contribution in [2.45, 2.75) is 0 Å². The van der Waals surface area contributed by atoms with E-state index in [-0.39, 0.29) is 21.2 Å². The van der Waals surface area contributed by atoms with Crippen LogP contribution in [0, 0.1) is 20.2 Å². The molecule has 0 N–H and O–H groups in total. The summed E-state index contributed by atoms with van der Waals surface area (Å²) in [4.78, 5) is 22.7. The highest BCUT2D eigenvalue weighted by atomic mass is 16.6. The van der Waals surface area contributed by atoms with E-state index in [1.54, 1.807) is 24.3 Å². The van der Waals surface area contributed by atoms with Crippen LogP contribution in [0.4, 0.5) is 11.4 Å². The standard InChI is InChI=1S/C42H25N5O4/c48-46(49)29-16-20-39-33(24-29)31-10-4-6-12-37(31)44(39)27-14-18-41-35(22-27)36-23-28(15-19-42(36)43(41)26-8-2-1-3-9-26)45-38-13-7-5-11-32(38)34-25-30(47(50)51)17-21-40(34)45/h1-25H. The van der Waals surface area contributed by atoms with Gasteiger partial charge in [-0.3, -0.25) is 20.2 Å². The number of rotatable bonds is 5. The number of nitrogens with zero attached hydrogens (tertiary/aromatic N) is 5. The van der Waals surface area contributed by atoms with Crippen molar-refractivity contribution in [3.63, 3.8) is 0 Å². The Morgan fingerprint density at radius 2 is 0.686 bits per heavy atom. The van der Waals surface area contributed by atoms with Gasteiger partial charge in [-0.05, 0) is 72.8 Å². The lowest BCUT2D eigenvalue weighted by Crippen LogP contribution is -1.96. The van der Waals surface area contributed by atoms with Crippen LogP contribution in [0.3, 0.4) is 0 Å². The first-order valence-electron chi connectivity index (χ1n) is 16.5. The van der Waals surface area contributed by atoms with Crippen molar-refractivity contribution in [2.75, 3.05) is 0 Å². The molecule has 0 spiro atoms. The van der Waals surface area contributed by atoms with Crippen molar-refractivity contribution in [1.29, 1.82) is 0 Å². The molecule has 51 heavy (non-hydrogen) atoms. The van der Waals surface area contributed by atoms with Gasteiger partial charge in [0.15, 0.2) is 0 Å². The van der Waals surface area contributed by atoms with E-state index in [1.165, 1.54) is 0 Å². The van der Waals surface area contributed by atoms with Crippen LogP contribution in [-0.4, -0.2) is 23.5 Å². The summed E-state index contributed by atoms with van der Waals surface area (Å²) in [5.41, 5.74) is 8.76. The number of nitro groups is 2. The van der Waals surface area contributed by atoms with Crippen LogP contribution >= 0.6 is 0 Å². The zero-order valence-corrected chi connectivity index (χ0v) is 26.8. The van der Waals surface area contributed by atoms with Crippen molar-refractivity contribution in [3.05, 3.63) is 172 Å². The topological polar surface area (TPSA) is 101 Å². The van der Waals surface area contributed by atoms with Gasteiger partial charge in [-0.1, -0.05) is 54.6 Å². The summed E-state index contributed by atoms with van der Waals surface area (Å²) >= 11 is 0. The third-order valence-corrected chi connectivity index (χ3v) is 10.00. The number of para-hydroxylation sites is 3. The maximum absolute atomic E-state index is 11.7. The Hall–Kier alpha value is -7.26. The monoisotopic (exact) mass is 663 g/mol. The average molecular weight is 664 g/mol. The molecule has 9 heteroatoms. The fraction of sp³-hybridized carbons (Fsp3) is 0. The molecule has 0 bridgehead atoms. The third kappa shape index (κ3) is 4.15. The van der Waals surface area contributed by atoms with Gasteiger partial charge in [0.25, 0.3) is 11.4 Å². The van der Waals surface area contributed by atoms with E-state index in [0.717, 1.165) is 82.5 Å². The molecule has 9 nitrogen and oxygen atoms in total. The lowest BCUT2D eigenvalue weighted by molar-refractivity contribution is -0.384. The number of hydrogen-bond acceptors (Lipinski definition) is 4. The maximum atomic E-state index is 11.7. The van der Waals surface area contributed by atoms with Crippen molar-refractivity contribution in [1.82, 2.24) is 13.7 Å². The molecular weight excluding hydrogens is 638 g/mol. The number of non-ortho nitro benzene ring substituents is 2. The highest BCUT2D eigenvalue weighted by molar-refractivity contribution is 6.14. The number of hydrogen-bond donors (Lipinski definition) is 0. The zero-order valence-electron chi connectivity index (χ0n) is 26.8. The Morgan fingerprint density at radius 3 is 1.14 bits per heavy atom. The van der Waals surface area contributed by atoms with Crippen LogP contribution < -0.4 is 0 Å². The van der Waals surface area contributed by atoms with Gasteiger partial charge >= 0.3 is 0 Å². The highest BCUT2D eigenvalue weighted by Crippen LogP contribution is 2.40. The Morgan fingerprint density at radius 1 is 0.333 bits per heavy atom. The molecule has 0 saturated heterocycles. The minimum Gasteiger partial charge on any atom is -0.309 e. The van der Waals surface area contributed by atoms with Crippen LogP contribution in [0.25, 0.3) is 82.5 Å². The summed E-state index contributed by atoms with van der Waals surface area (Å²) in [6.45, 7) is 0. The van der Waals surface area contributed by atoms with Crippen molar-refractivity contribution in [2.24, 2.45) is 0 Å². The third-order valence-electron chi connectivity index (χ3n) is 10.00. The summed E-state index contributed by atoms with van der Waals surface area (Å²) in [5.74, 6) is 0. The van der Waals surface area contributed by atoms with Gasteiger partial charge in [-0.2, -0.15) is 0 Å². The quantitative estimate of drug-likeness (QED) is 0.135. The molecule has 0 unspecified atom stereocenters. The predicted octanol–water partition coefficient (Wildman–Crippen LogP) is 10.8. The van der Waals surface area contributed by atoms with E-state index in [4.69, 9.17) is 0 Å². The van der Waals surface area contributed by atoms with Crippen molar-refractivity contribution < 1.29 is 9.85 Å². The molecule has 0 aliphatic carbocycles. The summed E-state index contributed by atoms with van der Waals surface area (Å²) in [7, 11) is 0. The molecule has 0 aliphatic heterocycles. The second kappa shape index (κ2) is 10.6. The smallest absolute Gasteiger partial charge is 0.270 e. The lowest BCUT2D eigenvalue weighted by atomic mass is 10.1. The van der Waals surface area contributed by atoms with E-state index in [2.05, 4.69) is 62.2 Å². The van der Waals surface area contributed by atoms with Crippen LogP contribution in [0.1, 0.15) is 0 Å². The van der Waals surface area contributed by atoms with E-state index >= 15 is 0 Å². The zero-order chi connectivity index (χ0) is 34.4. The molecule has 3 aromatic heterocycles. The Bertz CT molecular complexity index is 2910. The van der Waals surface area contributed by atoms with E-state index < -0.39 is 0 Å². The second-order valence-electron chi connectivity index (χ2n) is 12.7. The van der Waals surface area contributed by atoms with E-state index in [1.807, 2.05) is 78.9 Å². The Kier molecular flexibility index (Phi) is 5.98. The van der Waals surface area contributed by atoms with Gasteiger partial charge < -0.3 is 13.7 Å². The molecule has 0 aliphatic rings. The van der Waals surface area contributed by atoms with E-state index in [9.17, 15) is 20.2 Å². The first-order chi connectivity index (χ1) is 25.0. The van der Waals surface area contributed by atoms with Crippen molar-refractivity contribution in [3.8, 4) is 17.1 Å².